The molecule has 0 saturated carbocycles. The molecule has 1 atom stereocenters. The van der Waals surface area contributed by atoms with Gasteiger partial charge in [0.1, 0.15) is 11.8 Å². The van der Waals surface area contributed by atoms with Gasteiger partial charge in [-0.3, -0.25) is 4.79 Å². The summed E-state index contributed by atoms with van der Waals surface area (Å²) in [4.78, 5) is 23.4. The van der Waals surface area contributed by atoms with Crippen molar-refractivity contribution < 1.29 is 19.4 Å². The molecule has 1 aromatic carbocycles. The molecule has 0 aromatic heterocycles. The van der Waals surface area contributed by atoms with E-state index in [4.69, 9.17) is 4.74 Å². The molecule has 122 valence electrons. The van der Waals surface area contributed by atoms with E-state index in [2.05, 4.69) is 12.2 Å². The number of unbranched alkanes of at least 4 members (excludes halogenated alkanes) is 1. The van der Waals surface area contributed by atoms with E-state index in [1.165, 1.54) is 0 Å². The molecule has 0 aliphatic rings. The van der Waals surface area contributed by atoms with Crippen LogP contribution >= 0.6 is 0 Å². The minimum atomic E-state index is -1.02. The first kappa shape index (κ1) is 18.0. The fourth-order valence-electron chi connectivity index (χ4n) is 2.00. The topological polar surface area (TPSA) is 75.6 Å². The molecule has 1 aromatic rings. The van der Waals surface area contributed by atoms with Gasteiger partial charge in [-0.25, -0.2) is 4.79 Å². The number of rotatable bonds is 9. The summed E-state index contributed by atoms with van der Waals surface area (Å²) in [5.74, 6) is -0.603. The van der Waals surface area contributed by atoms with Crippen molar-refractivity contribution in [1.82, 2.24) is 5.32 Å². The molecule has 0 radical (unpaired) electrons. The smallest absolute Gasteiger partial charge is 0.326 e. The fraction of sp³-hybridized carbons (Fsp3) is 0.529. The van der Waals surface area contributed by atoms with Crippen LogP contribution in [0.1, 0.15) is 50.4 Å². The molecular weight excluding hydrogens is 282 g/mol. The Labute approximate surface area is 131 Å². The van der Waals surface area contributed by atoms with E-state index < -0.39 is 17.9 Å². The van der Waals surface area contributed by atoms with Crippen LogP contribution in [-0.2, 0) is 4.79 Å². The third kappa shape index (κ3) is 6.16. The highest BCUT2D eigenvalue weighted by Crippen LogP contribution is 2.14. The van der Waals surface area contributed by atoms with Crippen LogP contribution in [0.4, 0.5) is 0 Å². The van der Waals surface area contributed by atoms with E-state index >= 15 is 0 Å². The predicted octanol–water partition coefficient (Wildman–Crippen LogP) is 3.09. The summed E-state index contributed by atoms with van der Waals surface area (Å²) in [6.07, 6.45) is 2.38. The van der Waals surface area contributed by atoms with Crippen molar-refractivity contribution in [1.29, 1.82) is 0 Å². The quantitative estimate of drug-likeness (QED) is 0.687. The molecule has 22 heavy (non-hydrogen) atoms. The minimum absolute atomic E-state index is 0.185. The number of carbonyl (C=O) groups is 2. The summed E-state index contributed by atoms with van der Waals surface area (Å²) in [5, 5.41) is 11.7. The van der Waals surface area contributed by atoms with Crippen LogP contribution in [0, 0.1) is 5.92 Å². The van der Waals surface area contributed by atoms with E-state index in [-0.39, 0.29) is 5.92 Å². The van der Waals surface area contributed by atoms with Crippen molar-refractivity contribution >= 4 is 11.9 Å². The number of carboxylic acids is 1. The average Bonchev–Trinajstić information content (AvgIpc) is 2.46. The van der Waals surface area contributed by atoms with Crippen molar-refractivity contribution in [2.45, 2.75) is 46.1 Å². The molecule has 5 nitrogen and oxygen atoms in total. The van der Waals surface area contributed by atoms with Gasteiger partial charge in [0.2, 0.25) is 0 Å². The Morgan fingerprint density at radius 3 is 2.64 bits per heavy atom. The van der Waals surface area contributed by atoms with Gasteiger partial charge in [-0.05, 0) is 37.0 Å². The Hall–Kier alpha value is -2.04. The highest BCUT2D eigenvalue weighted by Gasteiger charge is 2.21. The zero-order valence-electron chi connectivity index (χ0n) is 13.5. The van der Waals surface area contributed by atoms with Gasteiger partial charge in [-0.1, -0.05) is 33.3 Å². The lowest BCUT2D eigenvalue weighted by molar-refractivity contribution is -0.139. The molecule has 1 amide bonds. The maximum atomic E-state index is 12.2. The zero-order valence-corrected chi connectivity index (χ0v) is 13.5. The van der Waals surface area contributed by atoms with Gasteiger partial charge < -0.3 is 15.2 Å². The Morgan fingerprint density at radius 1 is 1.32 bits per heavy atom. The normalized spacial score (nSPS) is 12.0. The van der Waals surface area contributed by atoms with E-state index in [1.54, 1.807) is 24.3 Å². The molecule has 1 unspecified atom stereocenters. The third-order valence-electron chi connectivity index (χ3n) is 3.17. The number of benzene rings is 1. The average molecular weight is 307 g/mol. The van der Waals surface area contributed by atoms with Crippen molar-refractivity contribution in [3.05, 3.63) is 29.8 Å². The van der Waals surface area contributed by atoms with Gasteiger partial charge in [0.05, 0.1) is 6.61 Å². The monoisotopic (exact) mass is 307 g/mol. The van der Waals surface area contributed by atoms with Crippen LogP contribution in [0.2, 0.25) is 0 Å². The first-order valence-electron chi connectivity index (χ1n) is 7.70. The van der Waals surface area contributed by atoms with Crippen molar-refractivity contribution in [3.8, 4) is 5.75 Å². The van der Waals surface area contributed by atoms with Crippen LogP contribution in [0.3, 0.4) is 0 Å². The highest BCUT2D eigenvalue weighted by atomic mass is 16.5. The number of ether oxygens (including phenoxy) is 1. The van der Waals surface area contributed by atoms with Crippen LogP contribution in [0.25, 0.3) is 0 Å². The number of hydrogen-bond donors (Lipinski definition) is 2. The van der Waals surface area contributed by atoms with E-state index in [0.29, 0.717) is 24.3 Å². The van der Waals surface area contributed by atoms with Gasteiger partial charge in [-0.2, -0.15) is 0 Å². The summed E-state index contributed by atoms with van der Waals surface area (Å²) in [7, 11) is 0. The third-order valence-corrected chi connectivity index (χ3v) is 3.17. The molecule has 2 N–H and O–H groups in total. The summed E-state index contributed by atoms with van der Waals surface area (Å²) in [6.45, 7) is 6.52. The maximum Gasteiger partial charge on any atom is 0.326 e. The van der Waals surface area contributed by atoms with Gasteiger partial charge in [0, 0.05) is 5.56 Å². The maximum absolute atomic E-state index is 12.2. The summed E-state index contributed by atoms with van der Waals surface area (Å²) in [5.41, 5.74) is 0.406. The predicted molar refractivity (Wildman–Crippen MR) is 85.2 cm³/mol. The number of amides is 1. The van der Waals surface area contributed by atoms with E-state index in [0.717, 1.165) is 12.8 Å². The van der Waals surface area contributed by atoms with E-state index in [1.807, 2.05) is 13.8 Å². The summed E-state index contributed by atoms with van der Waals surface area (Å²) < 4.78 is 5.56. The van der Waals surface area contributed by atoms with Crippen molar-refractivity contribution in [3.63, 3.8) is 0 Å². The van der Waals surface area contributed by atoms with Crippen LogP contribution < -0.4 is 10.1 Å². The molecular formula is C17H25NO4. The lowest BCUT2D eigenvalue weighted by atomic mass is 10.0. The second-order valence-electron chi connectivity index (χ2n) is 5.72. The summed E-state index contributed by atoms with van der Waals surface area (Å²) in [6, 6.07) is 5.93. The molecule has 0 bridgehead atoms. The van der Waals surface area contributed by atoms with E-state index in [9.17, 15) is 14.7 Å². The molecule has 0 spiro atoms. The lowest BCUT2D eigenvalue weighted by Crippen LogP contribution is -2.41. The number of nitrogens with one attached hydrogen (secondary N) is 1. The van der Waals surface area contributed by atoms with Gasteiger partial charge in [-0.15, -0.1) is 0 Å². The van der Waals surface area contributed by atoms with Gasteiger partial charge >= 0.3 is 5.97 Å². The molecule has 0 aliphatic heterocycles. The van der Waals surface area contributed by atoms with Crippen LogP contribution in [-0.4, -0.2) is 29.6 Å². The van der Waals surface area contributed by atoms with Gasteiger partial charge in [0.15, 0.2) is 0 Å². The highest BCUT2D eigenvalue weighted by molar-refractivity contribution is 5.96. The minimum Gasteiger partial charge on any atom is -0.494 e. The fourth-order valence-corrected chi connectivity index (χ4v) is 2.00. The van der Waals surface area contributed by atoms with Crippen molar-refractivity contribution in [2.24, 2.45) is 5.92 Å². The lowest BCUT2D eigenvalue weighted by Gasteiger charge is -2.16. The number of hydrogen-bond acceptors (Lipinski definition) is 3. The standard InChI is InChI=1S/C17H25NO4/c1-4-5-9-22-14-8-6-7-13(11-14)16(19)18-15(17(20)21)10-12(2)3/h6-8,11-12,15H,4-5,9-10H2,1-3H3,(H,18,19)(H,20,21). The first-order valence-corrected chi connectivity index (χ1v) is 7.70. The number of carbonyl (C=O) groups excluding carboxylic acids is 1. The largest absolute Gasteiger partial charge is 0.494 e. The Morgan fingerprint density at radius 2 is 2.05 bits per heavy atom. The van der Waals surface area contributed by atoms with Crippen LogP contribution in [0.5, 0.6) is 5.75 Å². The second kappa shape index (κ2) is 9.07. The Bertz CT molecular complexity index is 499. The molecule has 0 heterocycles. The molecule has 0 aliphatic carbocycles. The molecule has 0 saturated heterocycles. The summed E-state index contributed by atoms with van der Waals surface area (Å²) >= 11 is 0. The molecule has 1 rings (SSSR count). The Balaban J connectivity index is 2.71. The number of aliphatic carboxylic acids is 1. The second-order valence-corrected chi connectivity index (χ2v) is 5.72. The first-order chi connectivity index (χ1) is 10.4. The van der Waals surface area contributed by atoms with Crippen LogP contribution in [0.15, 0.2) is 24.3 Å². The Kier molecular flexibility index (Phi) is 7.43. The zero-order chi connectivity index (χ0) is 16.5. The molecule has 5 heteroatoms. The number of carboxylic acid groups (broad SMARTS) is 1. The van der Waals surface area contributed by atoms with Crippen molar-refractivity contribution in [2.75, 3.05) is 6.61 Å². The molecule has 0 fully saturated rings. The van der Waals surface area contributed by atoms with Gasteiger partial charge in [0.25, 0.3) is 5.91 Å². The SMILES string of the molecule is CCCCOc1cccc(C(=O)NC(CC(C)C)C(=O)O)c1.